The summed E-state index contributed by atoms with van der Waals surface area (Å²) >= 11 is 8.00. The summed E-state index contributed by atoms with van der Waals surface area (Å²) in [5.74, 6) is 0. The van der Waals surface area contributed by atoms with Gasteiger partial charge in [-0.05, 0) is 46.9 Å². The molecule has 0 saturated heterocycles. The van der Waals surface area contributed by atoms with E-state index in [9.17, 15) is 0 Å². The Morgan fingerprint density at radius 3 is 2.46 bits per heavy atom. The molecule has 0 unspecified atom stereocenters. The smallest absolute Gasteiger partial charge is 0.0647 e. The van der Waals surface area contributed by atoms with E-state index in [-0.39, 0.29) is 0 Å². The molecule has 0 aliphatic carbocycles. The number of halogens is 2. The average molecular weight is 305 g/mol. The summed E-state index contributed by atoms with van der Waals surface area (Å²) in [6.45, 7) is 0. The Morgan fingerprint density at radius 2 is 1.92 bits per heavy atom. The minimum Gasteiger partial charge on any atom is -0.240 e. The van der Waals surface area contributed by atoms with Gasteiger partial charge in [-0.25, -0.2) is 4.68 Å². The first-order valence-electron chi connectivity index (χ1n) is 3.72. The van der Waals surface area contributed by atoms with Crippen LogP contribution < -0.4 is 0 Å². The summed E-state index contributed by atoms with van der Waals surface area (Å²) in [7, 11) is 0. The number of hydrogen-bond donors (Lipinski definition) is 0. The molecule has 0 amide bonds. The normalized spacial score (nSPS) is 10.3. The molecular weight excluding hydrogens is 298 g/mol. The predicted molar refractivity (Wildman–Crippen MR) is 61.3 cm³/mol. The summed E-state index contributed by atoms with van der Waals surface area (Å²) in [6.07, 6.45) is 3.78. The Kier molecular flexibility index (Phi) is 2.55. The summed E-state index contributed by atoms with van der Waals surface area (Å²) in [6, 6.07) is 7.58. The summed E-state index contributed by atoms with van der Waals surface area (Å²) in [5.41, 5.74) is 1.02. The molecule has 2 rings (SSSR count). The molecule has 0 atom stereocenters. The van der Waals surface area contributed by atoms with Crippen LogP contribution in [0, 0.1) is 3.57 Å². The van der Waals surface area contributed by atoms with Crippen LogP contribution >= 0.6 is 34.2 Å². The highest BCUT2D eigenvalue weighted by Crippen LogP contribution is 2.13. The molecule has 1 aromatic heterocycles. The Labute approximate surface area is 94.7 Å². The van der Waals surface area contributed by atoms with E-state index < -0.39 is 0 Å². The van der Waals surface area contributed by atoms with Crippen LogP contribution in [0.25, 0.3) is 5.69 Å². The standard InChI is InChI=1S/C9H6ClIN2/c10-7-1-3-9(4-2-7)13-6-8(11)5-12-13/h1-6H. The molecule has 1 aromatic carbocycles. The highest BCUT2D eigenvalue weighted by atomic mass is 127. The lowest BCUT2D eigenvalue weighted by atomic mass is 10.3. The lowest BCUT2D eigenvalue weighted by Crippen LogP contribution is -1.92. The van der Waals surface area contributed by atoms with Crippen molar-refractivity contribution >= 4 is 34.2 Å². The molecule has 0 spiro atoms. The van der Waals surface area contributed by atoms with E-state index >= 15 is 0 Å². The first-order chi connectivity index (χ1) is 6.25. The van der Waals surface area contributed by atoms with Gasteiger partial charge in [0.1, 0.15) is 0 Å². The van der Waals surface area contributed by atoms with Crippen molar-refractivity contribution in [3.63, 3.8) is 0 Å². The minimum absolute atomic E-state index is 0.741. The third-order valence-corrected chi connectivity index (χ3v) is 2.45. The maximum Gasteiger partial charge on any atom is 0.0647 e. The molecule has 13 heavy (non-hydrogen) atoms. The van der Waals surface area contributed by atoms with Gasteiger partial charge in [-0.1, -0.05) is 11.6 Å². The number of rotatable bonds is 1. The van der Waals surface area contributed by atoms with E-state index in [1.54, 1.807) is 0 Å². The topological polar surface area (TPSA) is 17.8 Å². The Balaban J connectivity index is 2.41. The van der Waals surface area contributed by atoms with Gasteiger partial charge in [-0.15, -0.1) is 0 Å². The zero-order chi connectivity index (χ0) is 9.26. The zero-order valence-corrected chi connectivity index (χ0v) is 9.53. The van der Waals surface area contributed by atoms with Crippen LogP contribution in [0.3, 0.4) is 0 Å². The molecule has 0 fully saturated rings. The van der Waals surface area contributed by atoms with E-state index in [2.05, 4.69) is 27.7 Å². The third-order valence-electron chi connectivity index (χ3n) is 1.64. The molecule has 0 bridgehead atoms. The van der Waals surface area contributed by atoms with Crippen molar-refractivity contribution in [1.29, 1.82) is 0 Å². The molecule has 0 aliphatic rings. The van der Waals surface area contributed by atoms with Crippen LogP contribution in [0.15, 0.2) is 36.7 Å². The Hall–Kier alpha value is -0.550. The van der Waals surface area contributed by atoms with Crippen molar-refractivity contribution in [1.82, 2.24) is 9.78 Å². The van der Waals surface area contributed by atoms with Gasteiger partial charge in [0.25, 0.3) is 0 Å². The van der Waals surface area contributed by atoms with Gasteiger partial charge < -0.3 is 0 Å². The first kappa shape index (κ1) is 9.02. The van der Waals surface area contributed by atoms with E-state index in [0.29, 0.717) is 0 Å². The molecular formula is C9H6ClIN2. The molecule has 2 nitrogen and oxygen atoms in total. The van der Waals surface area contributed by atoms with Gasteiger partial charge in [0.15, 0.2) is 0 Å². The molecule has 0 N–H and O–H groups in total. The fourth-order valence-corrected chi connectivity index (χ4v) is 1.55. The van der Waals surface area contributed by atoms with E-state index in [4.69, 9.17) is 11.6 Å². The van der Waals surface area contributed by atoms with E-state index in [0.717, 1.165) is 14.3 Å². The Bertz CT molecular complexity index is 408. The van der Waals surface area contributed by atoms with Crippen molar-refractivity contribution in [3.05, 3.63) is 45.3 Å². The first-order valence-corrected chi connectivity index (χ1v) is 5.17. The van der Waals surface area contributed by atoms with Gasteiger partial charge >= 0.3 is 0 Å². The van der Waals surface area contributed by atoms with Crippen molar-refractivity contribution < 1.29 is 0 Å². The van der Waals surface area contributed by atoms with Crippen molar-refractivity contribution in [2.45, 2.75) is 0 Å². The van der Waals surface area contributed by atoms with Gasteiger partial charge in [0, 0.05) is 11.2 Å². The van der Waals surface area contributed by atoms with Gasteiger partial charge in [0.05, 0.1) is 15.5 Å². The van der Waals surface area contributed by atoms with Crippen molar-refractivity contribution in [3.8, 4) is 5.69 Å². The lowest BCUT2D eigenvalue weighted by molar-refractivity contribution is 0.880. The highest BCUT2D eigenvalue weighted by Gasteiger charge is 1.97. The maximum absolute atomic E-state index is 5.77. The number of nitrogens with zero attached hydrogens (tertiary/aromatic N) is 2. The lowest BCUT2D eigenvalue weighted by Gasteiger charge is -1.99. The molecule has 0 aliphatic heterocycles. The fourth-order valence-electron chi connectivity index (χ4n) is 1.04. The van der Waals surface area contributed by atoms with Crippen molar-refractivity contribution in [2.24, 2.45) is 0 Å². The molecule has 4 heteroatoms. The van der Waals surface area contributed by atoms with E-state index in [1.165, 1.54) is 0 Å². The van der Waals surface area contributed by atoms with Crippen LogP contribution in [0.4, 0.5) is 0 Å². The van der Waals surface area contributed by atoms with Crippen LogP contribution in [0.2, 0.25) is 5.02 Å². The van der Waals surface area contributed by atoms with Crippen LogP contribution in [0.5, 0.6) is 0 Å². The summed E-state index contributed by atoms with van der Waals surface area (Å²) in [4.78, 5) is 0. The summed E-state index contributed by atoms with van der Waals surface area (Å²) in [5, 5.41) is 4.92. The molecule has 2 aromatic rings. The second-order valence-electron chi connectivity index (χ2n) is 2.58. The highest BCUT2D eigenvalue weighted by molar-refractivity contribution is 14.1. The van der Waals surface area contributed by atoms with Gasteiger partial charge in [0.2, 0.25) is 0 Å². The monoisotopic (exact) mass is 304 g/mol. The van der Waals surface area contributed by atoms with Gasteiger partial charge in [-0.2, -0.15) is 5.10 Å². The summed E-state index contributed by atoms with van der Waals surface area (Å²) < 4.78 is 2.94. The van der Waals surface area contributed by atoms with Crippen LogP contribution in [-0.4, -0.2) is 9.78 Å². The minimum atomic E-state index is 0.741. The van der Waals surface area contributed by atoms with Gasteiger partial charge in [-0.3, -0.25) is 0 Å². The largest absolute Gasteiger partial charge is 0.240 e. The SMILES string of the molecule is Clc1ccc(-n2cc(I)cn2)cc1. The second-order valence-corrected chi connectivity index (χ2v) is 4.26. The van der Waals surface area contributed by atoms with Crippen LogP contribution in [-0.2, 0) is 0 Å². The van der Waals surface area contributed by atoms with Crippen molar-refractivity contribution in [2.75, 3.05) is 0 Å². The maximum atomic E-state index is 5.77. The second kappa shape index (κ2) is 3.67. The molecule has 0 saturated carbocycles. The Morgan fingerprint density at radius 1 is 1.23 bits per heavy atom. The molecule has 66 valence electrons. The van der Waals surface area contributed by atoms with Crippen LogP contribution in [0.1, 0.15) is 0 Å². The fraction of sp³-hybridized carbons (Fsp3) is 0. The molecule has 1 heterocycles. The number of hydrogen-bond acceptors (Lipinski definition) is 1. The third kappa shape index (κ3) is 2.03. The number of aromatic nitrogens is 2. The molecule has 0 radical (unpaired) electrons. The zero-order valence-electron chi connectivity index (χ0n) is 6.61. The van der Waals surface area contributed by atoms with E-state index in [1.807, 2.05) is 41.3 Å². The predicted octanol–water partition coefficient (Wildman–Crippen LogP) is 3.13. The quantitative estimate of drug-likeness (QED) is 0.740. The number of benzene rings is 1. The average Bonchev–Trinajstić information content (AvgIpc) is 2.53.